The van der Waals surface area contributed by atoms with Crippen molar-refractivity contribution in [2.75, 3.05) is 13.1 Å². The summed E-state index contributed by atoms with van der Waals surface area (Å²) in [6.07, 6.45) is 6.09. The molecule has 1 aromatic heterocycles. The highest BCUT2D eigenvalue weighted by Gasteiger charge is 2.31. The molecule has 2 heterocycles. The van der Waals surface area contributed by atoms with E-state index in [1.54, 1.807) is 36.7 Å². The zero-order chi connectivity index (χ0) is 20.3. The van der Waals surface area contributed by atoms with Crippen LogP contribution in [0.15, 0.2) is 36.7 Å². The summed E-state index contributed by atoms with van der Waals surface area (Å²) >= 11 is 0. The van der Waals surface area contributed by atoms with Crippen molar-refractivity contribution < 1.29 is 14.7 Å². The molecule has 1 amide bonds. The van der Waals surface area contributed by atoms with E-state index in [-0.39, 0.29) is 16.9 Å². The molecule has 28 heavy (non-hydrogen) atoms. The van der Waals surface area contributed by atoms with Crippen LogP contribution in [0.4, 0.5) is 0 Å². The topological polar surface area (TPSA) is 83.4 Å². The van der Waals surface area contributed by atoms with Crippen molar-refractivity contribution in [1.29, 1.82) is 0 Å². The van der Waals surface area contributed by atoms with Crippen molar-refractivity contribution >= 4 is 11.9 Å². The Labute approximate surface area is 165 Å². The monoisotopic (exact) mass is 381 g/mol. The molecule has 0 radical (unpaired) electrons. The van der Waals surface area contributed by atoms with Crippen LogP contribution in [0.5, 0.6) is 0 Å². The van der Waals surface area contributed by atoms with Gasteiger partial charge in [0, 0.05) is 30.3 Å². The molecule has 1 N–H and O–H groups in total. The lowest BCUT2D eigenvalue weighted by molar-refractivity contribution is -0.141. The van der Waals surface area contributed by atoms with Crippen molar-refractivity contribution in [2.24, 2.45) is 11.3 Å². The second-order valence-electron chi connectivity index (χ2n) is 8.46. The molecule has 2 aromatic rings. The molecule has 6 nitrogen and oxygen atoms in total. The molecule has 1 saturated heterocycles. The first-order valence-electron chi connectivity index (χ1n) is 9.68. The lowest BCUT2D eigenvalue weighted by Gasteiger charge is -2.36. The van der Waals surface area contributed by atoms with E-state index in [0.29, 0.717) is 17.2 Å². The normalized spacial score (nSPS) is 17.4. The molecule has 0 spiro atoms. The van der Waals surface area contributed by atoms with Gasteiger partial charge in [0.05, 0.1) is 23.1 Å². The van der Waals surface area contributed by atoms with Crippen molar-refractivity contribution in [1.82, 2.24) is 14.9 Å². The molecule has 0 aliphatic carbocycles. The van der Waals surface area contributed by atoms with Gasteiger partial charge in [0.25, 0.3) is 0 Å². The third-order valence-electron chi connectivity index (χ3n) is 5.06. The smallest absolute Gasteiger partial charge is 0.336 e. The Hall–Kier alpha value is -2.76. The van der Waals surface area contributed by atoms with E-state index in [0.717, 1.165) is 38.0 Å². The summed E-state index contributed by atoms with van der Waals surface area (Å²) in [7, 11) is 0. The van der Waals surface area contributed by atoms with E-state index >= 15 is 0 Å². The number of nitrogens with zero attached hydrogens (tertiary/aromatic N) is 3. The van der Waals surface area contributed by atoms with Gasteiger partial charge in [-0.1, -0.05) is 39.0 Å². The van der Waals surface area contributed by atoms with E-state index in [4.69, 9.17) is 0 Å². The van der Waals surface area contributed by atoms with Crippen LogP contribution in [0.25, 0.3) is 11.3 Å². The average Bonchev–Trinajstić information content (AvgIpc) is 2.67. The maximum atomic E-state index is 12.6. The number of hydrogen-bond acceptors (Lipinski definition) is 4. The predicted octanol–water partition coefficient (Wildman–Crippen LogP) is 3.67. The maximum Gasteiger partial charge on any atom is 0.336 e. The van der Waals surface area contributed by atoms with E-state index in [1.807, 2.05) is 25.7 Å². The SMILES string of the molecule is CC(C)(C)C(=O)N1CCC[C@H](Cc2cncc(-c3ccccc3C(=O)O)n2)C1. The van der Waals surface area contributed by atoms with Gasteiger partial charge >= 0.3 is 5.97 Å². The molecule has 1 fully saturated rings. The molecular weight excluding hydrogens is 354 g/mol. The highest BCUT2D eigenvalue weighted by molar-refractivity contribution is 5.95. The Kier molecular flexibility index (Phi) is 5.77. The van der Waals surface area contributed by atoms with Gasteiger partial charge in [-0.3, -0.25) is 9.78 Å². The van der Waals surface area contributed by atoms with Crippen molar-refractivity contribution in [3.05, 3.63) is 47.9 Å². The van der Waals surface area contributed by atoms with Crippen LogP contribution in [0, 0.1) is 11.3 Å². The number of piperidine rings is 1. The molecule has 0 saturated carbocycles. The predicted molar refractivity (Wildman–Crippen MR) is 107 cm³/mol. The number of benzene rings is 1. The standard InChI is InChI=1S/C22H27N3O3/c1-22(2,3)21(28)25-10-6-7-15(14-25)11-16-12-23-13-19(24-16)17-8-4-5-9-18(17)20(26)27/h4-5,8-9,12-13,15H,6-7,10-11,14H2,1-3H3,(H,26,27)/t15-/m1/s1. The quantitative estimate of drug-likeness (QED) is 0.874. The molecule has 1 atom stereocenters. The molecule has 3 rings (SSSR count). The Morgan fingerprint density at radius 3 is 2.68 bits per heavy atom. The summed E-state index contributed by atoms with van der Waals surface area (Å²) in [5.74, 6) is -0.460. The van der Waals surface area contributed by atoms with Gasteiger partial charge in [-0.25, -0.2) is 9.78 Å². The molecule has 6 heteroatoms. The summed E-state index contributed by atoms with van der Waals surface area (Å²) in [6.45, 7) is 7.40. The fraction of sp³-hybridized carbons (Fsp3) is 0.455. The minimum atomic E-state index is -0.980. The fourth-order valence-corrected chi connectivity index (χ4v) is 3.71. The number of amides is 1. The number of carbonyl (C=O) groups excluding carboxylic acids is 1. The fourth-order valence-electron chi connectivity index (χ4n) is 3.71. The molecular formula is C22H27N3O3. The number of carbonyl (C=O) groups is 2. The number of likely N-dealkylation sites (tertiary alicyclic amines) is 1. The number of aromatic carboxylic acids is 1. The highest BCUT2D eigenvalue weighted by Crippen LogP contribution is 2.26. The third kappa shape index (κ3) is 4.55. The lowest BCUT2D eigenvalue weighted by Crippen LogP contribution is -2.45. The summed E-state index contributed by atoms with van der Waals surface area (Å²) in [6, 6.07) is 6.82. The van der Waals surface area contributed by atoms with Gasteiger partial charge in [0.15, 0.2) is 0 Å². The van der Waals surface area contributed by atoms with Crippen LogP contribution >= 0.6 is 0 Å². The first kappa shape index (κ1) is 20.0. The number of carboxylic acids is 1. The maximum absolute atomic E-state index is 12.6. The molecule has 1 aliphatic rings. The Morgan fingerprint density at radius 1 is 1.21 bits per heavy atom. The van der Waals surface area contributed by atoms with E-state index < -0.39 is 5.97 Å². The second-order valence-corrected chi connectivity index (χ2v) is 8.46. The van der Waals surface area contributed by atoms with Crippen molar-refractivity contribution in [3.63, 3.8) is 0 Å². The van der Waals surface area contributed by atoms with E-state index in [1.165, 1.54) is 0 Å². The van der Waals surface area contributed by atoms with Crippen LogP contribution in [-0.4, -0.2) is 44.9 Å². The third-order valence-corrected chi connectivity index (χ3v) is 5.06. The Balaban J connectivity index is 1.77. The number of rotatable bonds is 4. The van der Waals surface area contributed by atoms with Crippen LogP contribution in [-0.2, 0) is 11.2 Å². The Morgan fingerprint density at radius 2 is 1.96 bits per heavy atom. The summed E-state index contributed by atoms with van der Waals surface area (Å²) in [5, 5.41) is 9.42. The number of aromatic nitrogens is 2. The van der Waals surface area contributed by atoms with Crippen LogP contribution in [0.1, 0.15) is 49.7 Å². The van der Waals surface area contributed by atoms with Gasteiger partial charge in [-0.15, -0.1) is 0 Å². The molecule has 0 bridgehead atoms. The van der Waals surface area contributed by atoms with Crippen LogP contribution in [0.3, 0.4) is 0 Å². The number of carboxylic acid groups (broad SMARTS) is 1. The van der Waals surface area contributed by atoms with E-state index in [2.05, 4.69) is 9.97 Å². The van der Waals surface area contributed by atoms with Gasteiger partial charge in [0.2, 0.25) is 5.91 Å². The largest absolute Gasteiger partial charge is 0.478 e. The molecule has 148 valence electrons. The first-order valence-corrected chi connectivity index (χ1v) is 9.68. The summed E-state index contributed by atoms with van der Waals surface area (Å²) < 4.78 is 0. The van der Waals surface area contributed by atoms with Crippen molar-refractivity contribution in [3.8, 4) is 11.3 Å². The lowest BCUT2D eigenvalue weighted by atomic mass is 9.89. The minimum absolute atomic E-state index is 0.187. The Bertz CT molecular complexity index is 873. The van der Waals surface area contributed by atoms with Gasteiger partial charge in [-0.2, -0.15) is 0 Å². The number of hydrogen-bond donors (Lipinski definition) is 1. The molecule has 0 unspecified atom stereocenters. The molecule has 1 aliphatic heterocycles. The van der Waals surface area contributed by atoms with Gasteiger partial charge < -0.3 is 10.0 Å². The van der Waals surface area contributed by atoms with Gasteiger partial charge in [0.1, 0.15) is 0 Å². The highest BCUT2D eigenvalue weighted by atomic mass is 16.4. The van der Waals surface area contributed by atoms with Crippen LogP contribution < -0.4 is 0 Å². The minimum Gasteiger partial charge on any atom is -0.478 e. The average molecular weight is 381 g/mol. The van der Waals surface area contributed by atoms with Crippen molar-refractivity contribution in [2.45, 2.75) is 40.0 Å². The van der Waals surface area contributed by atoms with Gasteiger partial charge in [-0.05, 0) is 31.2 Å². The second kappa shape index (κ2) is 8.09. The van der Waals surface area contributed by atoms with Crippen LogP contribution in [0.2, 0.25) is 0 Å². The summed E-state index contributed by atoms with van der Waals surface area (Å²) in [5.41, 5.74) is 1.80. The first-order chi connectivity index (χ1) is 13.3. The zero-order valence-corrected chi connectivity index (χ0v) is 16.7. The zero-order valence-electron chi connectivity index (χ0n) is 16.7. The summed E-state index contributed by atoms with van der Waals surface area (Å²) in [4.78, 5) is 35.0. The molecule has 1 aromatic carbocycles. The van der Waals surface area contributed by atoms with E-state index in [9.17, 15) is 14.7 Å².